The molecule has 33 heavy (non-hydrogen) atoms. The minimum atomic E-state index is -0.808. The van der Waals surface area contributed by atoms with E-state index in [0.717, 1.165) is 5.56 Å². The van der Waals surface area contributed by atoms with Crippen LogP contribution in [0.25, 0.3) is 0 Å². The molecule has 1 unspecified atom stereocenters. The van der Waals surface area contributed by atoms with Crippen LogP contribution in [0.2, 0.25) is 0 Å². The van der Waals surface area contributed by atoms with Gasteiger partial charge in [-0.2, -0.15) is 0 Å². The van der Waals surface area contributed by atoms with Crippen molar-refractivity contribution in [3.8, 4) is 5.75 Å². The number of allylic oxidation sites excluding steroid dienone is 1. The number of aryl methyl sites for hydroxylation is 1. The first-order valence-corrected chi connectivity index (χ1v) is 10.1. The predicted molar refractivity (Wildman–Crippen MR) is 121 cm³/mol. The van der Waals surface area contributed by atoms with Gasteiger partial charge in [-0.15, -0.1) is 0 Å². The number of rotatable bonds is 6. The molecule has 1 aliphatic rings. The Labute approximate surface area is 192 Å². The van der Waals surface area contributed by atoms with Gasteiger partial charge in [0.15, 0.2) is 0 Å². The molecule has 2 aromatic rings. The number of benzene rings is 2. The summed E-state index contributed by atoms with van der Waals surface area (Å²) in [6.45, 7) is 1.93. The van der Waals surface area contributed by atoms with E-state index in [0.29, 0.717) is 17.0 Å². The lowest BCUT2D eigenvalue weighted by molar-refractivity contribution is -0.140. The van der Waals surface area contributed by atoms with E-state index in [1.165, 1.54) is 33.3 Å². The maximum Gasteiger partial charge on any atom is 0.355 e. The van der Waals surface area contributed by atoms with Gasteiger partial charge in [0.05, 0.1) is 34.0 Å². The fourth-order valence-corrected chi connectivity index (χ4v) is 3.64. The number of hydrogen-bond donors (Lipinski definition) is 0. The minimum Gasteiger partial charge on any atom is -0.497 e. The highest BCUT2D eigenvalue weighted by atomic mass is 16.5. The summed E-state index contributed by atoms with van der Waals surface area (Å²) < 4.78 is 20.3. The van der Waals surface area contributed by atoms with Gasteiger partial charge < -0.3 is 18.9 Å². The fraction of sp³-hybridized carbons (Fsp3) is 0.240. The Morgan fingerprint density at radius 1 is 0.758 bits per heavy atom. The number of carbonyl (C=O) groups excluding carboxylic acids is 3. The second-order valence-electron chi connectivity index (χ2n) is 7.21. The van der Waals surface area contributed by atoms with Gasteiger partial charge in [0.1, 0.15) is 17.1 Å². The molecule has 1 atom stereocenters. The van der Waals surface area contributed by atoms with Gasteiger partial charge >= 0.3 is 17.9 Å². The summed E-state index contributed by atoms with van der Waals surface area (Å²) in [6.07, 6.45) is 1.58. The molecule has 0 N–H and O–H groups in total. The summed E-state index contributed by atoms with van der Waals surface area (Å²) in [6, 6.07) is 14.1. The van der Waals surface area contributed by atoms with E-state index in [1.807, 2.05) is 31.2 Å². The molecular formula is C25H25NO7. The number of nitrogens with zero attached hydrogens (tertiary/aromatic N) is 1. The lowest BCUT2D eigenvalue weighted by atomic mass is 9.85. The lowest BCUT2D eigenvalue weighted by Crippen LogP contribution is -2.38. The van der Waals surface area contributed by atoms with Gasteiger partial charge in [0, 0.05) is 11.6 Å². The molecule has 0 radical (unpaired) electrons. The zero-order valence-electron chi connectivity index (χ0n) is 19.1. The summed E-state index contributed by atoms with van der Waals surface area (Å²) in [4.78, 5) is 40.3. The van der Waals surface area contributed by atoms with E-state index in [2.05, 4.69) is 0 Å². The maximum atomic E-state index is 13.1. The van der Waals surface area contributed by atoms with Crippen molar-refractivity contribution in [2.45, 2.75) is 12.8 Å². The van der Waals surface area contributed by atoms with Crippen molar-refractivity contribution in [2.75, 3.05) is 33.3 Å². The number of ether oxygens (including phenoxy) is 4. The average molecular weight is 451 g/mol. The smallest absolute Gasteiger partial charge is 0.355 e. The van der Waals surface area contributed by atoms with Gasteiger partial charge in [0.25, 0.3) is 0 Å². The third-order valence-corrected chi connectivity index (χ3v) is 5.30. The summed E-state index contributed by atoms with van der Waals surface area (Å²) in [7, 11) is 5.20. The molecule has 0 saturated carbocycles. The van der Waals surface area contributed by atoms with Crippen molar-refractivity contribution >= 4 is 23.6 Å². The average Bonchev–Trinajstić information content (AvgIpc) is 2.86. The van der Waals surface area contributed by atoms with Crippen molar-refractivity contribution in [1.82, 2.24) is 0 Å². The second-order valence-corrected chi connectivity index (χ2v) is 7.21. The van der Waals surface area contributed by atoms with Gasteiger partial charge in [-0.25, -0.2) is 14.4 Å². The first-order chi connectivity index (χ1) is 15.9. The predicted octanol–water partition coefficient (Wildman–Crippen LogP) is 3.26. The normalized spacial score (nSPS) is 15.5. The van der Waals surface area contributed by atoms with Crippen LogP contribution in [0.3, 0.4) is 0 Å². The van der Waals surface area contributed by atoms with E-state index in [4.69, 9.17) is 18.9 Å². The molecular weight excluding hydrogens is 426 g/mol. The van der Waals surface area contributed by atoms with Crippen LogP contribution in [0.1, 0.15) is 17.0 Å². The molecule has 0 saturated heterocycles. The molecule has 3 rings (SSSR count). The molecule has 0 bridgehead atoms. The summed E-state index contributed by atoms with van der Waals surface area (Å²) in [5.41, 5.74) is 2.10. The Morgan fingerprint density at radius 3 is 1.85 bits per heavy atom. The topological polar surface area (TPSA) is 91.4 Å². The first kappa shape index (κ1) is 23.6. The van der Waals surface area contributed by atoms with E-state index < -0.39 is 23.8 Å². The monoisotopic (exact) mass is 451 g/mol. The minimum absolute atomic E-state index is 0.0386. The molecule has 1 aliphatic heterocycles. The second kappa shape index (κ2) is 10.0. The molecule has 0 amide bonds. The highest BCUT2D eigenvalue weighted by Crippen LogP contribution is 2.41. The van der Waals surface area contributed by atoms with Crippen LogP contribution in [-0.4, -0.2) is 46.3 Å². The number of esters is 3. The third kappa shape index (κ3) is 4.59. The van der Waals surface area contributed by atoms with E-state index in [-0.39, 0.29) is 17.0 Å². The number of hydrogen-bond acceptors (Lipinski definition) is 8. The first-order valence-electron chi connectivity index (χ1n) is 10.1. The Hall–Kier alpha value is -4.07. The molecule has 0 fully saturated rings. The molecule has 2 aromatic carbocycles. The Kier molecular flexibility index (Phi) is 7.17. The van der Waals surface area contributed by atoms with Crippen molar-refractivity contribution < 1.29 is 33.3 Å². The third-order valence-electron chi connectivity index (χ3n) is 5.30. The molecule has 8 nitrogen and oxygen atoms in total. The lowest BCUT2D eigenvalue weighted by Gasteiger charge is -2.34. The Morgan fingerprint density at radius 2 is 1.33 bits per heavy atom. The van der Waals surface area contributed by atoms with E-state index in [1.54, 1.807) is 30.3 Å². The molecule has 8 heteroatoms. The van der Waals surface area contributed by atoms with Crippen LogP contribution in [0, 0.1) is 6.92 Å². The quantitative estimate of drug-likeness (QED) is 0.488. The molecule has 172 valence electrons. The molecule has 0 aliphatic carbocycles. The van der Waals surface area contributed by atoms with Crippen LogP contribution < -0.4 is 9.64 Å². The summed E-state index contributed by atoms with van der Waals surface area (Å²) in [5.74, 6) is -2.39. The molecule has 0 spiro atoms. The standard InChI is InChI=1S/C25H25NO7/c1-15-6-8-16(9-7-15)19-14-20(23(27)31-3)26(17-10-12-18(30-2)13-11-17)22(25(29)33-5)21(19)24(28)32-4/h6-14,19H,1-5H3. The zero-order valence-corrected chi connectivity index (χ0v) is 19.1. The maximum absolute atomic E-state index is 13.1. The van der Waals surface area contributed by atoms with Gasteiger partial charge in [0.2, 0.25) is 0 Å². The highest BCUT2D eigenvalue weighted by molar-refractivity contribution is 6.09. The van der Waals surface area contributed by atoms with Crippen LogP contribution in [0.15, 0.2) is 71.6 Å². The Bertz CT molecular complexity index is 1110. The van der Waals surface area contributed by atoms with Gasteiger partial charge in [-0.3, -0.25) is 4.90 Å². The van der Waals surface area contributed by atoms with Crippen LogP contribution >= 0.6 is 0 Å². The van der Waals surface area contributed by atoms with Gasteiger partial charge in [-0.1, -0.05) is 29.8 Å². The van der Waals surface area contributed by atoms with E-state index >= 15 is 0 Å². The van der Waals surface area contributed by atoms with Crippen LogP contribution in [-0.2, 0) is 28.6 Å². The van der Waals surface area contributed by atoms with E-state index in [9.17, 15) is 14.4 Å². The SMILES string of the molecule is COC(=O)C1=CC(c2ccc(C)cc2)C(C(=O)OC)=C(C(=O)OC)N1c1ccc(OC)cc1. The number of anilines is 1. The molecule has 1 heterocycles. The van der Waals surface area contributed by atoms with Crippen LogP contribution in [0.5, 0.6) is 5.75 Å². The number of methoxy groups -OCH3 is 4. The Balaban J connectivity index is 2.35. The highest BCUT2D eigenvalue weighted by Gasteiger charge is 2.41. The summed E-state index contributed by atoms with van der Waals surface area (Å²) >= 11 is 0. The largest absolute Gasteiger partial charge is 0.497 e. The van der Waals surface area contributed by atoms with Gasteiger partial charge in [-0.05, 0) is 42.8 Å². The zero-order chi connectivity index (χ0) is 24.1. The van der Waals surface area contributed by atoms with Crippen LogP contribution in [0.4, 0.5) is 5.69 Å². The summed E-state index contributed by atoms with van der Waals surface area (Å²) in [5, 5.41) is 0. The molecule has 0 aromatic heterocycles. The van der Waals surface area contributed by atoms with Crippen molar-refractivity contribution in [3.63, 3.8) is 0 Å². The number of carbonyl (C=O) groups is 3. The van der Waals surface area contributed by atoms with Crippen molar-refractivity contribution in [2.24, 2.45) is 0 Å². The van der Waals surface area contributed by atoms with Crippen molar-refractivity contribution in [3.05, 3.63) is 82.7 Å². The van der Waals surface area contributed by atoms with Crippen molar-refractivity contribution in [1.29, 1.82) is 0 Å². The fourth-order valence-electron chi connectivity index (χ4n) is 3.64.